The van der Waals surface area contributed by atoms with Crippen molar-refractivity contribution in [3.05, 3.63) is 59.4 Å². The van der Waals surface area contributed by atoms with Crippen LogP contribution in [0.15, 0.2) is 42.6 Å². The minimum atomic E-state index is -0.258. The Bertz CT molecular complexity index is 1040. The van der Waals surface area contributed by atoms with Gasteiger partial charge in [-0.1, -0.05) is 6.07 Å². The lowest BCUT2D eigenvalue weighted by Gasteiger charge is -2.54. The van der Waals surface area contributed by atoms with Crippen LogP contribution in [0.4, 0.5) is 5.69 Å². The molecular weight excluding hydrogens is 424 g/mol. The molecule has 34 heavy (non-hydrogen) atoms. The van der Waals surface area contributed by atoms with E-state index in [2.05, 4.69) is 15.6 Å². The van der Waals surface area contributed by atoms with Crippen LogP contribution in [0.1, 0.15) is 71.4 Å². The molecule has 5 fully saturated rings. The molecule has 1 aliphatic heterocycles. The number of carbonyl (C=O) groups excluding carboxylic acids is 2. The molecule has 2 N–H and O–H groups in total. The molecule has 0 radical (unpaired) electrons. The molecule has 2 aromatic rings. The molecule has 2 heterocycles. The van der Waals surface area contributed by atoms with E-state index >= 15 is 0 Å². The molecule has 0 unspecified atom stereocenters. The van der Waals surface area contributed by atoms with E-state index in [4.69, 9.17) is 0 Å². The van der Waals surface area contributed by atoms with Gasteiger partial charge in [0.25, 0.3) is 11.8 Å². The molecular formula is C28H34N4O2. The standard InChI is InChI=1S/C28H34N4O2/c33-27(25-5-1-2-6-29-25)31-24-15-20(14-23(16-24)28(34)32-7-3-4-8-32)17-30-26-21-10-18-9-19(12-21)13-22(26)11-18/h1-2,5-6,14-16,18-19,21-22,26,30H,3-4,7-13,17H2,(H,31,33). The van der Waals surface area contributed by atoms with Crippen molar-refractivity contribution in [2.75, 3.05) is 18.4 Å². The Balaban J connectivity index is 1.22. The number of amides is 2. The Hall–Kier alpha value is -2.73. The summed E-state index contributed by atoms with van der Waals surface area (Å²) in [5.74, 6) is 3.31. The van der Waals surface area contributed by atoms with Crippen LogP contribution in [-0.4, -0.2) is 40.8 Å². The van der Waals surface area contributed by atoms with E-state index in [0.717, 1.165) is 61.7 Å². The highest BCUT2D eigenvalue weighted by Crippen LogP contribution is 2.53. The van der Waals surface area contributed by atoms with Crippen molar-refractivity contribution in [2.45, 2.75) is 57.5 Å². The van der Waals surface area contributed by atoms with Crippen molar-refractivity contribution in [2.24, 2.45) is 23.7 Å². The lowest BCUT2D eigenvalue weighted by atomic mass is 9.54. The number of nitrogens with zero attached hydrogens (tertiary/aromatic N) is 2. The summed E-state index contributed by atoms with van der Waals surface area (Å²) >= 11 is 0. The third-order valence-electron chi connectivity index (χ3n) is 8.56. The van der Waals surface area contributed by atoms with E-state index in [1.165, 1.54) is 32.1 Å². The zero-order valence-corrected chi connectivity index (χ0v) is 19.7. The summed E-state index contributed by atoms with van der Waals surface area (Å²) in [6, 6.07) is 11.7. The maximum Gasteiger partial charge on any atom is 0.274 e. The number of rotatable bonds is 6. The zero-order valence-electron chi connectivity index (χ0n) is 19.7. The van der Waals surface area contributed by atoms with Gasteiger partial charge in [-0.2, -0.15) is 0 Å². The van der Waals surface area contributed by atoms with Gasteiger partial charge in [-0.25, -0.2) is 0 Å². The van der Waals surface area contributed by atoms with Gasteiger partial charge in [-0.15, -0.1) is 0 Å². The zero-order chi connectivity index (χ0) is 23.1. The van der Waals surface area contributed by atoms with Crippen LogP contribution in [-0.2, 0) is 6.54 Å². The van der Waals surface area contributed by atoms with Crippen molar-refractivity contribution in [3.63, 3.8) is 0 Å². The molecule has 5 aliphatic rings. The summed E-state index contributed by atoms with van der Waals surface area (Å²) in [4.78, 5) is 32.0. The highest BCUT2D eigenvalue weighted by molar-refractivity contribution is 6.04. The predicted molar refractivity (Wildman–Crippen MR) is 131 cm³/mol. The first kappa shape index (κ1) is 21.8. The van der Waals surface area contributed by atoms with Gasteiger partial charge in [0.15, 0.2) is 0 Å². The van der Waals surface area contributed by atoms with Crippen LogP contribution in [0.2, 0.25) is 0 Å². The number of likely N-dealkylation sites (tertiary alicyclic amines) is 1. The number of nitrogens with one attached hydrogen (secondary N) is 2. The van der Waals surface area contributed by atoms with Crippen LogP contribution in [0, 0.1) is 23.7 Å². The monoisotopic (exact) mass is 458 g/mol. The molecule has 1 saturated heterocycles. The number of benzene rings is 1. The number of pyridine rings is 1. The van der Waals surface area contributed by atoms with Gasteiger partial charge >= 0.3 is 0 Å². The summed E-state index contributed by atoms with van der Waals surface area (Å²) < 4.78 is 0. The van der Waals surface area contributed by atoms with Gasteiger partial charge in [0.1, 0.15) is 5.69 Å². The smallest absolute Gasteiger partial charge is 0.274 e. The van der Waals surface area contributed by atoms with Crippen LogP contribution in [0.25, 0.3) is 0 Å². The van der Waals surface area contributed by atoms with Crippen molar-refractivity contribution < 1.29 is 9.59 Å². The number of hydrogen-bond donors (Lipinski definition) is 2. The van der Waals surface area contributed by atoms with Crippen LogP contribution < -0.4 is 10.6 Å². The third-order valence-corrected chi connectivity index (χ3v) is 8.56. The average Bonchev–Trinajstić information content (AvgIpc) is 3.38. The molecule has 0 atom stereocenters. The highest BCUT2D eigenvalue weighted by atomic mass is 16.2. The molecule has 6 nitrogen and oxygen atoms in total. The summed E-state index contributed by atoms with van der Waals surface area (Å²) in [6.45, 7) is 2.34. The van der Waals surface area contributed by atoms with E-state index in [-0.39, 0.29) is 11.8 Å². The Labute approximate surface area is 201 Å². The Kier molecular flexibility index (Phi) is 5.85. The average molecular weight is 459 g/mol. The second-order valence-electron chi connectivity index (χ2n) is 10.9. The van der Waals surface area contributed by atoms with E-state index in [1.54, 1.807) is 24.4 Å². The third kappa shape index (κ3) is 4.36. The van der Waals surface area contributed by atoms with Crippen molar-refractivity contribution in [3.8, 4) is 0 Å². The number of anilines is 1. The topological polar surface area (TPSA) is 74.3 Å². The number of carbonyl (C=O) groups is 2. The molecule has 178 valence electrons. The normalized spacial score (nSPS) is 29.4. The molecule has 1 aromatic heterocycles. The maximum atomic E-state index is 13.2. The van der Waals surface area contributed by atoms with Gasteiger partial charge in [0.05, 0.1) is 0 Å². The van der Waals surface area contributed by atoms with Gasteiger partial charge in [0, 0.05) is 43.1 Å². The van der Waals surface area contributed by atoms with Gasteiger partial charge in [0.2, 0.25) is 0 Å². The summed E-state index contributed by atoms with van der Waals surface area (Å²) in [5, 5.41) is 6.85. The van der Waals surface area contributed by atoms with Gasteiger partial charge in [-0.05, 0) is 105 Å². The van der Waals surface area contributed by atoms with Crippen molar-refractivity contribution >= 4 is 17.5 Å². The highest BCUT2D eigenvalue weighted by Gasteiger charge is 2.47. The lowest BCUT2D eigenvalue weighted by Crippen LogP contribution is -2.54. The summed E-state index contributed by atoms with van der Waals surface area (Å²) in [5.41, 5.74) is 2.73. The first-order valence-electron chi connectivity index (χ1n) is 13.0. The van der Waals surface area contributed by atoms with E-state index in [1.807, 2.05) is 23.1 Å². The Morgan fingerprint density at radius 2 is 1.68 bits per heavy atom. The maximum absolute atomic E-state index is 13.2. The SMILES string of the molecule is O=C(Nc1cc(CNC2C3CC4CC(C3)CC2C4)cc(C(=O)N2CCCC2)c1)c1ccccn1. The molecule has 1 aromatic carbocycles. The Morgan fingerprint density at radius 3 is 2.35 bits per heavy atom. The van der Waals surface area contributed by atoms with Crippen LogP contribution in [0.3, 0.4) is 0 Å². The minimum absolute atomic E-state index is 0.0577. The summed E-state index contributed by atoms with van der Waals surface area (Å²) in [6.07, 6.45) is 10.7. The molecule has 6 heteroatoms. The largest absolute Gasteiger partial charge is 0.339 e. The van der Waals surface area contributed by atoms with E-state index in [0.29, 0.717) is 23.0 Å². The molecule has 0 spiro atoms. The fraction of sp³-hybridized carbons (Fsp3) is 0.536. The number of aromatic nitrogens is 1. The molecule has 4 aliphatic carbocycles. The van der Waals surface area contributed by atoms with Gasteiger partial charge in [-0.3, -0.25) is 14.6 Å². The first-order valence-corrected chi connectivity index (χ1v) is 13.0. The lowest BCUT2D eigenvalue weighted by molar-refractivity contribution is -0.0142. The molecule has 4 bridgehead atoms. The molecule has 4 saturated carbocycles. The second-order valence-corrected chi connectivity index (χ2v) is 10.9. The quantitative estimate of drug-likeness (QED) is 0.669. The van der Waals surface area contributed by atoms with Crippen LogP contribution >= 0.6 is 0 Å². The first-order chi connectivity index (χ1) is 16.6. The van der Waals surface area contributed by atoms with E-state index in [9.17, 15) is 9.59 Å². The predicted octanol–water partition coefficient (Wildman–Crippen LogP) is 4.48. The molecule has 7 rings (SSSR count). The van der Waals surface area contributed by atoms with Crippen molar-refractivity contribution in [1.29, 1.82) is 0 Å². The second kappa shape index (κ2) is 9.14. The number of hydrogen-bond acceptors (Lipinski definition) is 4. The van der Waals surface area contributed by atoms with Gasteiger partial charge < -0.3 is 15.5 Å². The molecule has 2 amide bonds. The van der Waals surface area contributed by atoms with Crippen LogP contribution in [0.5, 0.6) is 0 Å². The van der Waals surface area contributed by atoms with E-state index < -0.39 is 0 Å². The minimum Gasteiger partial charge on any atom is -0.339 e. The Morgan fingerprint density at radius 1 is 0.941 bits per heavy atom. The van der Waals surface area contributed by atoms with Crippen molar-refractivity contribution in [1.82, 2.24) is 15.2 Å². The fourth-order valence-corrected chi connectivity index (χ4v) is 7.28. The fourth-order valence-electron chi connectivity index (χ4n) is 7.28. The summed E-state index contributed by atoms with van der Waals surface area (Å²) in [7, 11) is 0.